The molecule has 0 spiro atoms. The molecular weight excluding hydrogens is 428 g/mol. The second kappa shape index (κ2) is 11.8. The van der Waals surface area contributed by atoms with E-state index in [0.717, 1.165) is 57.2 Å². The van der Waals surface area contributed by atoms with Gasteiger partial charge < -0.3 is 10.6 Å². The molecule has 3 rings (SSSR count). The van der Waals surface area contributed by atoms with Crippen molar-refractivity contribution in [3.8, 4) is 0 Å². The Bertz CT molecular complexity index is 858. The molecule has 0 atom stereocenters. The summed E-state index contributed by atoms with van der Waals surface area (Å²) in [4.78, 5) is 26.7. The van der Waals surface area contributed by atoms with Gasteiger partial charge in [0, 0.05) is 38.8 Å². The van der Waals surface area contributed by atoms with Crippen LogP contribution in [0.15, 0.2) is 29.2 Å². The first-order valence-electron chi connectivity index (χ1n) is 11.8. The van der Waals surface area contributed by atoms with E-state index in [0.29, 0.717) is 31.1 Å². The van der Waals surface area contributed by atoms with Crippen molar-refractivity contribution in [2.45, 2.75) is 62.8 Å². The maximum absolute atomic E-state index is 12.7. The molecule has 0 unspecified atom stereocenters. The standard InChI is InChI=1S/C23H36N4O4S/c1-2-12-24-23(29)18-26-15-10-20(11-16-26)25-22(28)17-19-6-8-21(9-7-19)32(30,31)27-13-4-3-5-14-27/h6-9,20H,2-5,10-18H2,1H3,(H,24,29)(H,25,28). The van der Waals surface area contributed by atoms with Gasteiger partial charge in [0.2, 0.25) is 21.8 Å². The molecule has 2 aliphatic heterocycles. The number of hydrogen-bond acceptors (Lipinski definition) is 5. The van der Waals surface area contributed by atoms with E-state index < -0.39 is 10.0 Å². The third-order valence-corrected chi connectivity index (χ3v) is 8.05. The summed E-state index contributed by atoms with van der Waals surface area (Å²) in [5.41, 5.74) is 0.796. The first-order chi connectivity index (χ1) is 15.4. The van der Waals surface area contributed by atoms with Crippen molar-refractivity contribution in [3.63, 3.8) is 0 Å². The number of carbonyl (C=O) groups excluding carboxylic acids is 2. The molecule has 9 heteroatoms. The fourth-order valence-corrected chi connectivity index (χ4v) is 5.77. The topological polar surface area (TPSA) is 98.8 Å². The van der Waals surface area contributed by atoms with Crippen LogP contribution in [0.5, 0.6) is 0 Å². The monoisotopic (exact) mass is 464 g/mol. The highest BCUT2D eigenvalue weighted by Gasteiger charge is 2.26. The lowest BCUT2D eigenvalue weighted by molar-refractivity contribution is -0.124. The molecule has 0 aromatic heterocycles. The van der Waals surface area contributed by atoms with Crippen LogP contribution in [-0.4, -0.2) is 74.7 Å². The van der Waals surface area contributed by atoms with E-state index in [9.17, 15) is 18.0 Å². The third-order valence-electron chi connectivity index (χ3n) is 6.13. The second-order valence-electron chi connectivity index (χ2n) is 8.75. The van der Waals surface area contributed by atoms with E-state index in [1.807, 2.05) is 6.92 Å². The molecule has 32 heavy (non-hydrogen) atoms. The number of hydrogen-bond donors (Lipinski definition) is 2. The van der Waals surface area contributed by atoms with Gasteiger partial charge in [-0.05, 0) is 49.8 Å². The highest BCUT2D eigenvalue weighted by atomic mass is 32.2. The zero-order valence-corrected chi connectivity index (χ0v) is 19.8. The lowest BCUT2D eigenvalue weighted by Crippen LogP contribution is -2.47. The van der Waals surface area contributed by atoms with Crippen LogP contribution in [0.3, 0.4) is 0 Å². The van der Waals surface area contributed by atoms with Crippen molar-refractivity contribution in [3.05, 3.63) is 29.8 Å². The van der Waals surface area contributed by atoms with E-state index in [-0.39, 0.29) is 24.3 Å². The average Bonchev–Trinajstić information content (AvgIpc) is 2.80. The molecule has 0 radical (unpaired) electrons. The van der Waals surface area contributed by atoms with Gasteiger partial charge in [-0.15, -0.1) is 0 Å². The van der Waals surface area contributed by atoms with E-state index in [1.54, 1.807) is 28.6 Å². The minimum absolute atomic E-state index is 0.0556. The molecule has 1 aromatic carbocycles. The van der Waals surface area contributed by atoms with Gasteiger partial charge >= 0.3 is 0 Å². The molecular formula is C23H36N4O4S. The van der Waals surface area contributed by atoms with Crippen LogP contribution in [0, 0.1) is 0 Å². The second-order valence-corrected chi connectivity index (χ2v) is 10.7. The summed E-state index contributed by atoms with van der Waals surface area (Å²) in [5.74, 6) is -0.00383. The number of sulfonamides is 1. The van der Waals surface area contributed by atoms with E-state index in [2.05, 4.69) is 15.5 Å². The molecule has 2 aliphatic rings. The Labute approximate surface area is 191 Å². The molecule has 8 nitrogen and oxygen atoms in total. The minimum atomic E-state index is -3.45. The van der Waals surface area contributed by atoms with Crippen molar-refractivity contribution in [1.82, 2.24) is 19.8 Å². The van der Waals surface area contributed by atoms with Crippen LogP contribution in [0.1, 0.15) is 51.0 Å². The smallest absolute Gasteiger partial charge is 0.243 e. The van der Waals surface area contributed by atoms with Gasteiger partial charge in [0.1, 0.15) is 0 Å². The highest BCUT2D eigenvalue weighted by molar-refractivity contribution is 7.89. The van der Waals surface area contributed by atoms with Crippen LogP contribution in [-0.2, 0) is 26.0 Å². The van der Waals surface area contributed by atoms with Gasteiger partial charge in [-0.1, -0.05) is 25.5 Å². The number of piperidine rings is 2. The van der Waals surface area contributed by atoms with Crippen molar-refractivity contribution in [2.75, 3.05) is 39.3 Å². The normalized spacial score (nSPS) is 18.9. The fourth-order valence-electron chi connectivity index (χ4n) is 4.26. The Morgan fingerprint density at radius 2 is 1.62 bits per heavy atom. The maximum atomic E-state index is 12.7. The lowest BCUT2D eigenvalue weighted by atomic mass is 10.0. The van der Waals surface area contributed by atoms with Crippen molar-refractivity contribution >= 4 is 21.8 Å². The zero-order valence-electron chi connectivity index (χ0n) is 19.0. The van der Waals surface area contributed by atoms with Gasteiger partial charge in [0.15, 0.2) is 0 Å². The van der Waals surface area contributed by atoms with E-state index in [1.165, 1.54) is 0 Å². The fraction of sp³-hybridized carbons (Fsp3) is 0.652. The molecule has 2 amide bonds. The van der Waals surface area contributed by atoms with Crippen molar-refractivity contribution in [1.29, 1.82) is 0 Å². The lowest BCUT2D eigenvalue weighted by Gasteiger charge is -2.31. The van der Waals surface area contributed by atoms with Gasteiger partial charge in [-0.3, -0.25) is 14.5 Å². The highest BCUT2D eigenvalue weighted by Crippen LogP contribution is 2.21. The Morgan fingerprint density at radius 3 is 2.25 bits per heavy atom. The molecule has 0 saturated carbocycles. The van der Waals surface area contributed by atoms with Crippen LogP contribution in [0.4, 0.5) is 0 Å². The summed E-state index contributed by atoms with van der Waals surface area (Å²) >= 11 is 0. The number of rotatable bonds is 9. The molecule has 2 N–H and O–H groups in total. The molecule has 178 valence electrons. The molecule has 1 aromatic rings. The molecule has 2 heterocycles. The SMILES string of the molecule is CCCNC(=O)CN1CCC(NC(=O)Cc2ccc(S(=O)(=O)N3CCCCC3)cc2)CC1. The zero-order chi connectivity index (χ0) is 23.0. The summed E-state index contributed by atoms with van der Waals surface area (Å²) < 4.78 is 27.0. The molecule has 2 fully saturated rings. The molecule has 0 bridgehead atoms. The number of nitrogens with one attached hydrogen (secondary N) is 2. The Hall–Kier alpha value is -1.97. The first kappa shape index (κ1) is 24.7. The van der Waals surface area contributed by atoms with Crippen LogP contribution in [0.25, 0.3) is 0 Å². The largest absolute Gasteiger partial charge is 0.355 e. The van der Waals surface area contributed by atoms with E-state index in [4.69, 9.17) is 0 Å². The molecule has 2 saturated heterocycles. The summed E-state index contributed by atoms with van der Waals surface area (Å²) in [5, 5.41) is 5.97. The van der Waals surface area contributed by atoms with Gasteiger partial charge in [-0.25, -0.2) is 8.42 Å². The molecule has 0 aliphatic carbocycles. The Morgan fingerprint density at radius 1 is 0.969 bits per heavy atom. The quantitative estimate of drug-likeness (QED) is 0.577. The predicted molar refractivity (Wildman–Crippen MR) is 124 cm³/mol. The number of carbonyl (C=O) groups is 2. The van der Waals surface area contributed by atoms with E-state index >= 15 is 0 Å². The summed E-state index contributed by atoms with van der Waals surface area (Å²) in [6.45, 7) is 5.87. The summed E-state index contributed by atoms with van der Waals surface area (Å²) in [6.07, 6.45) is 5.68. The Balaban J connectivity index is 1.43. The Kier molecular flexibility index (Phi) is 9.07. The first-order valence-corrected chi connectivity index (χ1v) is 13.2. The van der Waals surface area contributed by atoms with Gasteiger partial charge in [-0.2, -0.15) is 4.31 Å². The predicted octanol–water partition coefficient (Wildman–Crippen LogP) is 1.51. The number of nitrogens with zero attached hydrogens (tertiary/aromatic N) is 2. The number of likely N-dealkylation sites (tertiary alicyclic amines) is 1. The van der Waals surface area contributed by atoms with Crippen molar-refractivity contribution < 1.29 is 18.0 Å². The third kappa shape index (κ3) is 7.02. The van der Waals surface area contributed by atoms with Gasteiger partial charge in [0.05, 0.1) is 17.9 Å². The van der Waals surface area contributed by atoms with Crippen LogP contribution in [0.2, 0.25) is 0 Å². The van der Waals surface area contributed by atoms with Crippen LogP contribution < -0.4 is 10.6 Å². The minimum Gasteiger partial charge on any atom is -0.355 e. The number of benzene rings is 1. The number of amides is 2. The van der Waals surface area contributed by atoms with Gasteiger partial charge in [0.25, 0.3) is 0 Å². The van der Waals surface area contributed by atoms with Crippen LogP contribution >= 0.6 is 0 Å². The summed E-state index contributed by atoms with van der Waals surface area (Å²) in [6, 6.07) is 6.78. The average molecular weight is 465 g/mol. The van der Waals surface area contributed by atoms with Crippen molar-refractivity contribution in [2.24, 2.45) is 0 Å². The summed E-state index contributed by atoms with van der Waals surface area (Å²) in [7, 11) is -3.45. The maximum Gasteiger partial charge on any atom is 0.243 e.